The molecule has 2 rings (SSSR count). The van der Waals surface area contributed by atoms with Crippen molar-refractivity contribution in [2.24, 2.45) is 0 Å². The van der Waals surface area contributed by atoms with Crippen molar-refractivity contribution >= 4 is 17.0 Å². The molecule has 18 heavy (non-hydrogen) atoms. The summed E-state index contributed by atoms with van der Waals surface area (Å²) < 4.78 is 0. The molecule has 0 saturated heterocycles. The number of nitrogen functional groups attached to an aromatic ring is 1. The van der Waals surface area contributed by atoms with Crippen molar-refractivity contribution in [3.63, 3.8) is 0 Å². The topological polar surface area (TPSA) is 50.9 Å². The van der Waals surface area contributed by atoms with Gasteiger partial charge in [-0.3, -0.25) is 0 Å². The minimum atomic E-state index is 0.344. The summed E-state index contributed by atoms with van der Waals surface area (Å²) in [6.45, 7) is 3.16. The molecule has 1 atom stereocenters. The Bertz CT molecular complexity index is 450. The van der Waals surface area contributed by atoms with Crippen molar-refractivity contribution in [1.29, 1.82) is 0 Å². The molecule has 3 nitrogen and oxygen atoms in total. The van der Waals surface area contributed by atoms with Crippen LogP contribution in [0.1, 0.15) is 30.0 Å². The van der Waals surface area contributed by atoms with Crippen LogP contribution in [0.15, 0.2) is 35.8 Å². The third-order valence-corrected chi connectivity index (χ3v) is 3.85. The molecule has 0 bridgehead atoms. The Morgan fingerprint density at radius 3 is 2.78 bits per heavy atom. The van der Waals surface area contributed by atoms with Gasteiger partial charge in [-0.2, -0.15) is 0 Å². The minimum Gasteiger partial charge on any atom is -0.399 e. The van der Waals surface area contributed by atoms with Crippen LogP contribution >= 0.6 is 11.3 Å². The predicted octanol–water partition coefficient (Wildman–Crippen LogP) is 3.01. The van der Waals surface area contributed by atoms with Crippen LogP contribution in [0.25, 0.3) is 0 Å². The quantitative estimate of drug-likeness (QED) is 0.621. The van der Waals surface area contributed by atoms with Crippen LogP contribution in [0.2, 0.25) is 0 Å². The van der Waals surface area contributed by atoms with Crippen LogP contribution in [0.4, 0.5) is 5.69 Å². The highest BCUT2D eigenvalue weighted by atomic mass is 32.1. The van der Waals surface area contributed by atoms with Crippen molar-refractivity contribution in [1.82, 2.24) is 10.3 Å². The lowest BCUT2D eigenvalue weighted by molar-refractivity contribution is 0.556. The first kappa shape index (κ1) is 13.1. The van der Waals surface area contributed by atoms with E-state index in [1.54, 1.807) is 11.3 Å². The smallest absolute Gasteiger partial charge is 0.109 e. The lowest BCUT2D eigenvalue weighted by atomic mass is 10.1. The van der Waals surface area contributed by atoms with Crippen molar-refractivity contribution in [3.05, 3.63) is 46.4 Å². The number of aromatic nitrogens is 1. The van der Waals surface area contributed by atoms with Crippen molar-refractivity contribution in [2.75, 3.05) is 12.3 Å². The van der Waals surface area contributed by atoms with Gasteiger partial charge in [0.05, 0.1) is 6.04 Å². The second-order valence-electron chi connectivity index (χ2n) is 4.39. The average Bonchev–Trinajstić information content (AvgIpc) is 2.90. The minimum absolute atomic E-state index is 0.344. The van der Waals surface area contributed by atoms with E-state index in [-0.39, 0.29) is 0 Å². The van der Waals surface area contributed by atoms with Crippen LogP contribution in [-0.4, -0.2) is 11.5 Å². The van der Waals surface area contributed by atoms with E-state index in [0.29, 0.717) is 6.04 Å². The van der Waals surface area contributed by atoms with Crippen molar-refractivity contribution < 1.29 is 0 Å². The fourth-order valence-corrected chi connectivity index (χ4v) is 2.50. The summed E-state index contributed by atoms with van der Waals surface area (Å²) in [5.41, 5.74) is 7.83. The standard InChI is InChI=1S/C14H19N3S/c1-11(14-17-9-10-18-14)16-8-2-3-12-4-6-13(15)7-5-12/h4-7,9-11,16H,2-3,8,15H2,1H3. The zero-order chi connectivity index (χ0) is 12.8. The normalized spacial score (nSPS) is 12.5. The summed E-state index contributed by atoms with van der Waals surface area (Å²) >= 11 is 1.70. The van der Waals surface area contributed by atoms with E-state index in [1.165, 1.54) is 5.56 Å². The maximum absolute atomic E-state index is 5.66. The summed E-state index contributed by atoms with van der Waals surface area (Å²) in [4.78, 5) is 4.30. The van der Waals surface area contributed by atoms with Gasteiger partial charge in [-0.1, -0.05) is 12.1 Å². The third kappa shape index (κ3) is 3.82. The van der Waals surface area contributed by atoms with Crippen molar-refractivity contribution in [2.45, 2.75) is 25.8 Å². The van der Waals surface area contributed by atoms with Crippen LogP contribution < -0.4 is 11.1 Å². The second-order valence-corrected chi connectivity index (χ2v) is 5.32. The van der Waals surface area contributed by atoms with E-state index in [2.05, 4.69) is 29.4 Å². The molecule has 1 aromatic heterocycles. The number of nitrogens with zero attached hydrogens (tertiary/aromatic N) is 1. The van der Waals surface area contributed by atoms with Gasteiger partial charge in [0, 0.05) is 17.3 Å². The molecule has 1 aromatic carbocycles. The highest BCUT2D eigenvalue weighted by Gasteiger charge is 2.05. The summed E-state index contributed by atoms with van der Waals surface area (Å²) in [7, 11) is 0. The molecule has 0 radical (unpaired) electrons. The fraction of sp³-hybridized carbons (Fsp3) is 0.357. The fourth-order valence-electron chi connectivity index (χ4n) is 1.83. The van der Waals surface area contributed by atoms with Gasteiger partial charge in [-0.05, 0) is 44.0 Å². The van der Waals surface area contributed by atoms with Crippen LogP contribution in [0.5, 0.6) is 0 Å². The lowest BCUT2D eigenvalue weighted by Crippen LogP contribution is -2.20. The van der Waals surface area contributed by atoms with Gasteiger partial charge >= 0.3 is 0 Å². The van der Waals surface area contributed by atoms with Crippen LogP contribution in [0, 0.1) is 0 Å². The Kier molecular flexibility index (Phi) is 4.73. The molecule has 0 aliphatic heterocycles. The molecule has 0 aliphatic carbocycles. The highest BCUT2D eigenvalue weighted by Crippen LogP contribution is 2.14. The van der Waals surface area contributed by atoms with Gasteiger partial charge in [0.1, 0.15) is 5.01 Å². The molecule has 3 N–H and O–H groups in total. The number of hydrogen-bond acceptors (Lipinski definition) is 4. The van der Waals surface area contributed by atoms with Gasteiger partial charge < -0.3 is 11.1 Å². The Morgan fingerprint density at radius 2 is 2.11 bits per heavy atom. The second kappa shape index (κ2) is 6.52. The van der Waals surface area contributed by atoms with Crippen LogP contribution in [-0.2, 0) is 6.42 Å². The van der Waals surface area contributed by atoms with Crippen molar-refractivity contribution in [3.8, 4) is 0 Å². The molecule has 0 fully saturated rings. The molecule has 2 aromatic rings. The first-order valence-corrected chi connectivity index (χ1v) is 7.11. The molecular formula is C14H19N3S. The number of rotatable bonds is 6. The number of aryl methyl sites for hydroxylation is 1. The highest BCUT2D eigenvalue weighted by molar-refractivity contribution is 7.09. The SMILES string of the molecule is CC(NCCCc1ccc(N)cc1)c1nccs1. The molecular weight excluding hydrogens is 242 g/mol. The number of nitrogens with two attached hydrogens (primary N) is 1. The number of nitrogens with one attached hydrogen (secondary N) is 1. The Labute approximate surface area is 112 Å². The van der Waals surface area contributed by atoms with E-state index in [9.17, 15) is 0 Å². The van der Waals surface area contributed by atoms with E-state index in [1.807, 2.05) is 23.7 Å². The summed E-state index contributed by atoms with van der Waals surface area (Å²) in [5, 5.41) is 6.66. The summed E-state index contributed by atoms with van der Waals surface area (Å²) in [5.74, 6) is 0. The van der Waals surface area contributed by atoms with Gasteiger partial charge in [0.25, 0.3) is 0 Å². The Hall–Kier alpha value is -1.39. The Balaban J connectivity index is 1.68. The van der Waals surface area contributed by atoms with Gasteiger partial charge in [-0.25, -0.2) is 4.98 Å². The number of anilines is 1. The molecule has 1 unspecified atom stereocenters. The molecule has 0 amide bonds. The molecule has 0 saturated carbocycles. The number of hydrogen-bond donors (Lipinski definition) is 2. The largest absolute Gasteiger partial charge is 0.399 e. The average molecular weight is 261 g/mol. The zero-order valence-electron chi connectivity index (χ0n) is 10.6. The lowest BCUT2D eigenvalue weighted by Gasteiger charge is -2.10. The van der Waals surface area contributed by atoms with E-state index >= 15 is 0 Å². The maximum Gasteiger partial charge on any atom is 0.109 e. The summed E-state index contributed by atoms with van der Waals surface area (Å²) in [6, 6.07) is 8.46. The van der Waals surface area contributed by atoms with E-state index in [0.717, 1.165) is 30.1 Å². The first-order valence-electron chi connectivity index (χ1n) is 6.23. The Morgan fingerprint density at radius 1 is 1.33 bits per heavy atom. The van der Waals surface area contributed by atoms with E-state index in [4.69, 9.17) is 5.73 Å². The third-order valence-electron chi connectivity index (χ3n) is 2.89. The monoisotopic (exact) mass is 261 g/mol. The van der Waals surface area contributed by atoms with E-state index < -0.39 is 0 Å². The zero-order valence-corrected chi connectivity index (χ0v) is 11.4. The first-order chi connectivity index (χ1) is 8.75. The maximum atomic E-state index is 5.66. The number of thiazole rings is 1. The molecule has 96 valence electrons. The molecule has 4 heteroatoms. The summed E-state index contributed by atoms with van der Waals surface area (Å²) in [6.07, 6.45) is 4.06. The number of benzene rings is 1. The molecule has 0 spiro atoms. The van der Waals surface area contributed by atoms with Gasteiger partial charge in [0.2, 0.25) is 0 Å². The van der Waals surface area contributed by atoms with Crippen LogP contribution in [0.3, 0.4) is 0 Å². The molecule has 0 aliphatic rings. The predicted molar refractivity (Wildman–Crippen MR) is 77.7 cm³/mol. The van der Waals surface area contributed by atoms with Gasteiger partial charge in [-0.15, -0.1) is 11.3 Å². The molecule has 1 heterocycles. The van der Waals surface area contributed by atoms with Gasteiger partial charge in [0.15, 0.2) is 0 Å².